The topological polar surface area (TPSA) is 67.2 Å². The number of aryl methyl sites for hydroxylation is 1. The van der Waals surface area contributed by atoms with E-state index >= 15 is 0 Å². The molecule has 1 amide bonds. The Labute approximate surface area is 161 Å². The summed E-state index contributed by atoms with van der Waals surface area (Å²) < 4.78 is 2.09. The predicted molar refractivity (Wildman–Crippen MR) is 105 cm³/mol. The first-order valence-corrected chi connectivity index (χ1v) is 9.76. The van der Waals surface area contributed by atoms with E-state index in [0.29, 0.717) is 6.54 Å². The molecule has 1 fully saturated rings. The molecule has 1 unspecified atom stereocenters. The highest BCUT2D eigenvalue weighted by Crippen LogP contribution is 2.27. The van der Waals surface area contributed by atoms with Crippen molar-refractivity contribution in [3.63, 3.8) is 0 Å². The van der Waals surface area contributed by atoms with Gasteiger partial charge in [0.25, 0.3) is 5.91 Å². The first-order valence-electron chi connectivity index (χ1n) is 9.76. The fourth-order valence-electron chi connectivity index (χ4n) is 3.71. The molecule has 0 radical (unpaired) electrons. The molecule has 0 bridgehead atoms. The van der Waals surface area contributed by atoms with Crippen molar-refractivity contribution < 1.29 is 4.79 Å². The molecule has 27 heavy (non-hydrogen) atoms. The minimum absolute atomic E-state index is 0.0927. The van der Waals surface area contributed by atoms with Crippen LogP contribution in [-0.2, 0) is 20.0 Å². The van der Waals surface area contributed by atoms with Gasteiger partial charge in [-0.25, -0.2) is 0 Å². The molecule has 7 nitrogen and oxygen atoms in total. The van der Waals surface area contributed by atoms with Gasteiger partial charge in [-0.2, -0.15) is 0 Å². The van der Waals surface area contributed by atoms with Crippen LogP contribution in [0, 0.1) is 0 Å². The van der Waals surface area contributed by atoms with Gasteiger partial charge >= 0.3 is 0 Å². The standard InChI is InChI=1S/C20H30N6O/c1-5-7-17-12-15(9-10-21-17)20(27)26-11-6-8-16(13-26)19-23-22-18(25(19)4)14-24(2)3/h9-10,12,16H,5-8,11,13-14H2,1-4H3. The van der Waals surface area contributed by atoms with E-state index in [1.54, 1.807) is 6.20 Å². The molecule has 1 aliphatic heterocycles. The maximum absolute atomic E-state index is 13.0. The van der Waals surface area contributed by atoms with Crippen molar-refractivity contribution in [3.05, 3.63) is 41.2 Å². The van der Waals surface area contributed by atoms with E-state index in [9.17, 15) is 4.79 Å². The molecule has 2 aromatic rings. The summed E-state index contributed by atoms with van der Waals surface area (Å²) in [5.74, 6) is 2.26. The number of nitrogens with zero attached hydrogens (tertiary/aromatic N) is 6. The van der Waals surface area contributed by atoms with Gasteiger partial charge in [-0.05, 0) is 45.5 Å². The van der Waals surface area contributed by atoms with Crippen LogP contribution in [-0.4, -0.2) is 62.6 Å². The smallest absolute Gasteiger partial charge is 0.253 e. The Morgan fingerprint density at radius 1 is 1.33 bits per heavy atom. The molecule has 0 aliphatic carbocycles. The summed E-state index contributed by atoms with van der Waals surface area (Å²) in [6, 6.07) is 3.76. The van der Waals surface area contributed by atoms with Crippen LogP contribution in [0.5, 0.6) is 0 Å². The molecule has 1 saturated heterocycles. The fourth-order valence-corrected chi connectivity index (χ4v) is 3.71. The maximum atomic E-state index is 13.0. The third kappa shape index (κ3) is 4.53. The zero-order chi connectivity index (χ0) is 19.4. The molecule has 1 aliphatic rings. The maximum Gasteiger partial charge on any atom is 0.253 e. The van der Waals surface area contributed by atoms with Gasteiger partial charge in [0.2, 0.25) is 0 Å². The van der Waals surface area contributed by atoms with E-state index < -0.39 is 0 Å². The van der Waals surface area contributed by atoms with Crippen LogP contribution in [0.15, 0.2) is 18.3 Å². The number of hydrogen-bond donors (Lipinski definition) is 0. The van der Waals surface area contributed by atoms with E-state index in [1.165, 1.54) is 0 Å². The SMILES string of the molecule is CCCc1cc(C(=O)N2CCCC(c3nnc(CN(C)C)n3C)C2)ccn1. The quantitative estimate of drug-likeness (QED) is 0.780. The number of piperidine rings is 1. The van der Waals surface area contributed by atoms with Gasteiger partial charge < -0.3 is 14.4 Å². The number of hydrogen-bond acceptors (Lipinski definition) is 5. The molecule has 0 aromatic carbocycles. The zero-order valence-electron chi connectivity index (χ0n) is 16.9. The number of carbonyl (C=O) groups excluding carboxylic acids is 1. The van der Waals surface area contributed by atoms with Crippen molar-refractivity contribution in [2.75, 3.05) is 27.2 Å². The lowest BCUT2D eigenvalue weighted by Gasteiger charge is -2.32. The number of rotatable bonds is 6. The minimum atomic E-state index is 0.0927. The summed E-state index contributed by atoms with van der Waals surface area (Å²) in [5, 5.41) is 8.79. The molecule has 7 heteroatoms. The molecule has 146 valence electrons. The van der Waals surface area contributed by atoms with Crippen molar-refractivity contribution in [3.8, 4) is 0 Å². The normalized spacial score (nSPS) is 17.5. The van der Waals surface area contributed by atoms with E-state index in [1.807, 2.05) is 38.2 Å². The lowest BCUT2D eigenvalue weighted by atomic mass is 9.96. The minimum Gasteiger partial charge on any atom is -0.338 e. The molecule has 0 spiro atoms. The third-order valence-electron chi connectivity index (χ3n) is 5.10. The summed E-state index contributed by atoms with van der Waals surface area (Å²) in [6.07, 6.45) is 5.69. The summed E-state index contributed by atoms with van der Waals surface area (Å²) >= 11 is 0. The number of likely N-dealkylation sites (tertiary alicyclic amines) is 1. The Hall–Kier alpha value is -2.28. The van der Waals surface area contributed by atoms with Gasteiger partial charge in [0, 0.05) is 43.5 Å². The van der Waals surface area contributed by atoms with Gasteiger partial charge in [-0.1, -0.05) is 13.3 Å². The summed E-state index contributed by atoms with van der Waals surface area (Å²) in [7, 11) is 6.07. The fraction of sp³-hybridized carbons (Fsp3) is 0.600. The van der Waals surface area contributed by atoms with Crippen LogP contribution in [0.4, 0.5) is 0 Å². The lowest BCUT2D eigenvalue weighted by molar-refractivity contribution is 0.0703. The molecular weight excluding hydrogens is 340 g/mol. The summed E-state index contributed by atoms with van der Waals surface area (Å²) in [5.41, 5.74) is 1.72. The van der Waals surface area contributed by atoms with Crippen LogP contribution in [0.1, 0.15) is 59.8 Å². The lowest BCUT2D eigenvalue weighted by Crippen LogP contribution is -2.39. The van der Waals surface area contributed by atoms with E-state index in [4.69, 9.17) is 0 Å². The molecule has 0 saturated carbocycles. The zero-order valence-corrected chi connectivity index (χ0v) is 16.9. The second-order valence-corrected chi connectivity index (χ2v) is 7.65. The highest BCUT2D eigenvalue weighted by Gasteiger charge is 2.29. The van der Waals surface area contributed by atoms with Crippen molar-refractivity contribution in [1.82, 2.24) is 29.5 Å². The van der Waals surface area contributed by atoms with E-state index in [-0.39, 0.29) is 11.8 Å². The highest BCUT2D eigenvalue weighted by atomic mass is 16.2. The Morgan fingerprint density at radius 3 is 2.89 bits per heavy atom. The molecule has 2 aromatic heterocycles. The number of aromatic nitrogens is 4. The van der Waals surface area contributed by atoms with Crippen LogP contribution >= 0.6 is 0 Å². The molecule has 3 rings (SSSR count). The molecule has 0 N–H and O–H groups in total. The van der Waals surface area contributed by atoms with Gasteiger partial charge in [0.1, 0.15) is 11.6 Å². The molecular formula is C20H30N6O. The second-order valence-electron chi connectivity index (χ2n) is 7.65. The molecule has 1 atom stereocenters. The van der Waals surface area contributed by atoms with Gasteiger partial charge in [0.05, 0.1) is 6.54 Å². The van der Waals surface area contributed by atoms with Crippen molar-refractivity contribution in [1.29, 1.82) is 0 Å². The first kappa shape index (κ1) is 19.5. The number of amides is 1. The second kappa shape index (κ2) is 8.61. The van der Waals surface area contributed by atoms with Gasteiger partial charge in [-0.3, -0.25) is 9.78 Å². The van der Waals surface area contributed by atoms with Crippen LogP contribution in [0.25, 0.3) is 0 Å². The van der Waals surface area contributed by atoms with E-state index in [2.05, 4.69) is 31.6 Å². The Kier molecular flexibility index (Phi) is 6.21. The number of carbonyl (C=O) groups is 1. The largest absolute Gasteiger partial charge is 0.338 e. The summed E-state index contributed by atoms with van der Waals surface area (Å²) in [6.45, 7) is 4.37. The average molecular weight is 371 g/mol. The Morgan fingerprint density at radius 2 is 2.15 bits per heavy atom. The van der Waals surface area contributed by atoms with Gasteiger partial charge in [-0.15, -0.1) is 10.2 Å². The monoisotopic (exact) mass is 370 g/mol. The van der Waals surface area contributed by atoms with Crippen molar-refractivity contribution in [2.45, 2.75) is 45.1 Å². The number of pyridine rings is 1. The van der Waals surface area contributed by atoms with E-state index in [0.717, 1.165) is 61.7 Å². The van der Waals surface area contributed by atoms with Gasteiger partial charge in [0.15, 0.2) is 0 Å². The molecule has 3 heterocycles. The first-order chi connectivity index (χ1) is 13.0. The van der Waals surface area contributed by atoms with Crippen LogP contribution < -0.4 is 0 Å². The van der Waals surface area contributed by atoms with Crippen LogP contribution in [0.2, 0.25) is 0 Å². The van der Waals surface area contributed by atoms with Crippen molar-refractivity contribution in [2.24, 2.45) is 7.05 Å². The van der Waals surface area contributed by atoms with Crippen molar-refractivity contribution >= 4 is 5.91 Å². The van der Waals surface area contributed by atoms with Crippen LogP contribution in [0.3, 0.4) is 0 Å². The Bertz CT molecular complexity index is 785. The third-order valence-corrected chi connectivity index (χ3v) is 5.10. The highest BCUT2D eigenvalue weighted by molar-refractivity contribution is 5.94. The predicted octanol–water partition coefficient (Wildman–Crippen LogP) is 2.24. The average Bonchev–Trinajstić information content (AvgIpc) is 3.01. The summed E-state index contributed by atoms with van der Waals surface area (Å²) in [4.78, 5) is 21.4. The Balaban J connectivity index is 1.73.